The van der Waals surface area contributed by atoms with Crippen LogP contribution in [0.4, 0.5) is 8.78 Å². The summed E-state index contributed by atoms with van der Waals surface area (Å²) >= 11 is 6.37. The van der Waals surface area contributed by atoms with E-state index in [2.05, 4.69) is 5.28 Å². The van der Waals surface area contributed by atoms with Gasteiger partial charge in [-0.15, -0.1) is 5.01 Å². The lowest BCUT2D eigenvalue weighted by molar-refractivity contribution is -0.715. The second-order valence-electron chi connectivity index (χ2n) is 9.75. The Labute approximate surface area is 208 Å². The highest BCUT2D eigenvalue weighted by Gasteiger charge is 2.45. The molecule has 9 nitrogen and oxygen atoms in total. The molecule has 12 heteroatoms. The minimum atomic E-state index is -3.42. The van der Waals surface area contributed by atoms with Crippen LogP contribution < -0.4 is 4.74 Å². The van der Waals surface area contributed by atoms with Crippen molar-refractivity contribution in [2.45, 2.75) is 65.0 Å². The number of halogens is 3. The van der Waals surface area contributed by atoms with Crippen LogP contribution in [-0.2, 0) is 19.8 Å². The van der Waals surface area contributed by atoms with Gasteiger partial charge in [-0.1, -0.05) is 46.2 Å². The zero-order valence-electron chi connectivity index (χ0n) is 20.8. The number of likely N-dealkylation sites (N-methyl/N-ethyl adjacent to an activating group) is 1. The van der Waals surface area contributed by atoms with Crippen LogP contribution in [0.3, 0.4) is 0 Å². The number of esters is 1. The Kier molecular flexibility index (Phi) is 8.94. The highest BCUT2D eigenvalue weighted by atomic mass is 35.5. The van der Waals surface area contributed by atoms with E-state index < -0.39 is 36.4 Å². The number of rotatable bonds is 9. The predicted octanol–water partition coefficient (Wildman–Crippen LogP) is 4.70. The van der Waals surface area contributed by atoms with Crippen LogP contribution in [-0.4, -0.2) is 59.6 Å². The molecule has 1 aromatic rings. The summed E-state index contributed by atoms with van der Waals surface area (Å²) in [5.74, 6) is -4.44. The lowest BCUT2D eigenvalue weighted by Gasteiger charge is -2.31. The van der Waals surface area contributed by atoms with Gasteiger partial charge in [-0.25, -0.2) is 13.6 Å². The average molecular weight is 520 g/mol. The van der Waals surface area contributed by atoms with E-state index in [-0.39, 0.29) is 28.7 Å². The van der Waals surface area contributed by atoms with Crippen LogP contribution in [0.2, 0.25) is 5.02 Å². The Hall–Kier alpha value is -2.66. The first-order valence-electron chi connectivity index (χ1n) is 11.0. The molecule has 0 saturated heterocycles. The van der Waals surface area contributed by atoms with Crippen molar-refractivity contribution in [3.63, 3.8) is 0 Å². The van der Waals surface area contributed by atoms with Gasteiger partial charge in [0.05, 0.1) is 24.2 Å². The highest BCUT2D eigenvalue weighted by molar-refractivity contribution is 6.31. The van der Waals surface area contributed by atoms with Crippen molar-refractivity contribution in [1.82, 2.24) is 5.01 Å². The molecule has 1 N–H and O–H groups in total. The van der Waals surface area contributed by atoms with E-state index in [9.17, 15) is 23.9 Å². The number of carbonyl (C=O) groups excluding carboxylic acids is 1. The van der Waals surface area contributed by atoms with Crippen LogP contribution in [0.15, 0.2) is 23.0 Å². The smallest absolute Gasteiger partial charge is 0.341 e. The normalized spacial score (nSPS) is 17.3. The molecular weight excluding hydrogens is 488 g/mol. The van der Waals surface area contributed by atoms with Gasteiger partial charge < -0.3 is 24.6 Å². The van der Waals surface area contributed by atoms with Gasteiger partial charge in [-0.2, -0.15) is 0 Å². The molecule has 0 aliphatic carbocycles. The van der Waals surface area contributed by atoms with Crippen molar-refractivity contribution in [3.8, 4) is 5.75 Å². The molecule has 1 aliphatic rings. The van der Waals surface area contributed by atoms with Gasteiger partial charge in [0.2, 0.25) is 5.28 Å². The monoisotopic (exact) mass is 519 g/mol. The second kappa shape index (κ2) is 10.9. The molecule has 2 atom stereocenters. The van der Waals surface area contributed by atoms with E-state index >= 15 is 0 Å². The van der Waals surface area contributed by atoms with Crippen molar-refractivity contribution >= 4 is 23.6 Å². The number of hydrazine groups is 1. The summed E-state index contributed by atoms with van der Waals surface area (Å²) in [4.78, 5) is 17.4. The zero-order valence-corrected chi connectivity index (χ0v) is 21.6. The fourth-order valence-electron chi connectivity index (χ4n) is 3.52. The third-order valence-corrected chi connectivity index (χ3v) is 5.83. The summed E-state index contributed by atoms with van der Waals surface area (Å²) in [7, 11) is 1.40. The fourth-order valence-corrected chi connectivity index (χ4v) is 3.97. The lowest BCUT2D eigenvalue weighted by Crippen LogP contribution is -2.43. The van der Waals surface area contributed by atoms with Crippen molar-refractivity contribution in [2.24, 2.45) is 11.2 Å². The topological polar surface area (TPSA) is 107 Å². The minimum Gasteiger partial charge on any atom is -0.569 e. The van der Waals surface area contributed by atoms with Crippen molar-refractivity contribution in [2.75, 3.05) is 20.4 Å². The zero-order chi connectivity index (χ0) is 26.7. The molecule has 0 radical (unpaired) electrons. The van der Waals surface area contributed by atoms with E-state index in [1.54, 1.807) is 6.07 Å². The summed E-state index contributed by atoms with van der Waals surface area (Å²) in [5, 5.41) is 26.1. The maximum atomic E-state index is 14.4. The third kappa shape index (κ3) is 6.94. The van der Waals surface area contributed by atoms with Gasteiger partial charge in [0.15, 0.2) is 6.10 Å². The SMILES string of the molecule is CC(C)[C@@H](CO)N(C)/[N+]([O-])=N/OCOC(=O)C1=Cc2cc(Cl)c(C(C)(C)C)cc2O[C@@H]1C(C)(F)F. The third-order valence-electron chi connectivity index (χ3n) is 5.52. The van der Waals surface area contributed by atoms with Crippen molar-refractivity contribution in [3.05, 3.63) is 39.1 Å². The number of nitrogens with zero attached hydrogens (tertiary/aromatic N) is 3. The van der Waals surface area contributed by atoms with E-state index in [1.807, 2.05) is 34.6 Å². The van der Waals surface area contributed by atoms with Gasteiger partial charge in [0.1, 0.15) is 11.8 Å². The average Bonchev–Trinajstić information content (AvgIpc) is 2.73. The molecule has 0 amide bonds. The molecule has 1 aliphatic heterocycles. The van der Waals surface area contributed by atoms with E-state index in [0.717, 1.165) is 5.01 Å². The number of benzene rings is 1. The molecule has 0 unspecified atom stereocenters. The van der Waals surface area contributed by atoms with Crippen LogP contribution in [0, 0.1) is 11.1 Å². The summed E-state index contributed by atoms with van der Waals surface area (Å²) in [6, 6.07) is 2.61. The Morgan fingerprint density at radius 3 is 2.49 bits per heavy atom. The number of alkyl halides is 2. The quantitative estimate of drug-likeness (QED) is 0.126. The fraction of sp³-hybridized carbons (Fsp3) is 0.609. The Bertz CT molecular complexity index is 989. The Morgan fingerprint density at radius 2 is 1.97 bits per heavy atom. The first-order chi connectivity index (χ1) is 16.1. The maximum absolute atomic E-state index is 14.4. The van der Waals surface area contributed by atoms with Gasteiger partial charge in [0, 0.05) is 17.5 Å². The van der Waals surface area contributed by atoms with Gasteiger partial charge in [-0.3, -0.25) is 0 Å². The van der Waals surface area contributed by atoms with Gasteiger partial charge >= 0.3 is 5.97 Å². The number of hydrogen-bond acceptors (Lipinski definition) is 7. The standard InChI is InChI=1S/C23H32ClF2N3O6/c1-13(2)18(11-30)28(7)29(32)27-34-12-33-21(31)15-8-14-9-17(24)16(22(3,4)5)10-19(14)35-20(15)23(6,25)26/h8-10,13,18,20,30H,11-12H2,1-7H3/b29-27-/t18-,20+/m1/s1. The Morgan fingerprint density at radius 1 is 1.34 bits per heavy atom. The Balaban J connectivity index is 2.20. The summed E-state index contributed by atoms with van der Waals surface area (Å²) < 4.78 is 39.1. The summed E-state index contributed by atoms with van der Waals surface area (Å²) in [6.07, 6.45) is -0.673. The second-order valence-corrected chi connectivity index (χ2v) is 10.2. The summed E-state index contributed by atoms with van der Waals surface area (Å²) in [6.45, 7) is 8.92. The maximum Gasteiger partial charge on any atom is 0.341 e. The molecule has 0 bridgehead atoms. The largest absolute Gasteiger partial charge is 0.569 e. The molecule has 2 rings (SSSR count). The number of fused-ring (bicyclic) bond motifs is 1. The van der Waals surface area contributed by atoms with Crippen molar-refractivity contribution in [1.29, 1.82) is 0 Å². The van der Waals surface area contributed by atoms with Crippen LogP contribution in [0.5, 0.6) is 5.75 Å². The van der Waals surface area contributed by atoms with E-state index in [4.69, 9.17) is 25.9 Å². The minimum absolute atomic E-state index is 0.0591. The van der Waals surface area contributed by atoms with Crippen LogP contribution >= 0.6 is 11.6 Å². The number of ether oxygens (including phenoxy) is 2. The predicted molar refractivity (Wildman–Crippen MR) is 125 cm³/mol. The molecule has 0 aromatic heterocycles. The molecule has 1 heterocycles. The van der Waals surface area contributed by atoms with Gasteiger partial charge in [0.25, 0.3) is 12.7 Å². The molecule has 0 spiro atoms. The van der Waals surface area contributed by atoms with E-state index in [0.29, 0.717) is 23.1 Å². The lowest BCUT2D eigenvalue weighted by atomic mass is 9.85. The number of aliphatic hydroxyl groups excluding tert-OH is 1. The summed E-state index contributed by atoms with van der Waals surface area (Å²) in [5.41, 5.74) is 0.249. The van der Waals surface area contributed by atoms with Gasteiger partial charge in [-0.05, 0) is 35.1 Å². The highest BCUT2D eigenvalue weighted by Crippen LogP contribution is 2.41. The molecule has 0 fully saturated rings. The van der Waals surface area contributed by atoms with Crippen molar-refractivity contribution < 1.29 is 38.0 Å². The molecule has 196 valence electrons. The van der Waals surface area contributed by atoms with Crippen LogP contribution in [0.1, 0.15) is 52.7 Å². The molecule has 35 heavy (non-hydrogen) atoms. The number of aliphatic hydroxyl groups is 1. The first kappa shape index (κ1) is 28.6. The molecule has 0 saturated carbocycles. The number of hydrogen-bond donors (Lipinski definition) is 1. The molecular formula is C23H32ClF2N3O6. The first-order valence-corrected chi connectivity index (χ1v) is 11.4. The van der Waals surface area contributed by atoms with Crippen LogP contribution in [0.25, 0.3) is 6.08 Å². The number of carbonyl (C=O) groups is 1. The molecule has 1 aromatic carbocycles. The van der Waals surface area contributed by atoms with E-state index in [1.165, 1.54) is 19.2 Å².